The number of aliphatic hydroxyl groups is 1. The molecule has 0 saturated carbocycles. The minimum absolute atomic E-state index is 0.0261. The largest absolute Gasteiger partial charge is 0.394 e. The van der Waals surface area contributed by atoms with Crippen LogP contribution in [0.3, 0.4) is 0 Å². The van der Waals surface area contributed by atoms with E-state index in [4.69, 9.17) is 9.84 Å². The summed E-state index contributed by atoms with van der Waals surface area (Å²) in [4.78, 5) is 11.6. The van der Waals surface area contributed by atoms with Gasteiger partial charge in [-0.25, -0.2) is 0 Å². The second-order valence-corrected chi connectivity index (χ2v) is 7.61. The molecule has 0 bridgehead atoms. The first kappa shape index (κ1) is 25.5. The minimum Gasteiger partial charge on any atom is -0.394 e. The molecule has 0 fully saturated rings. The maximum Gasteiger partial charge on any atom is 0.220 e. The number of unbranched alkanes of at least 4 members (excludes halogenated alkanes) is 12. The second kappa shape index (κ2) is 19.8. The van der Waals surface area contributed by atoms with E-state index < -0.39 is 0 Å². The number of amides is 1. The summed E-state index contributed by atoms with van der Waals surface area (Å²) in [6.07, 6.45) is 17.9. The number of aromatic amines is 1. The zero-order valence-corrected chi connectivity index (χ0v) is 18.0. The van der Waals surface area contributed by atoms with Crippen LogP contribution in [0, 0.1) is 0 Å². The van der Waals surface area contributed by atoms with Gasteiger partial charge in [0.25, 0.3) is 0 Å². The third-order valence-electron chi connectivity index (χ3n) is 5.00. The second-order valence-electron chi connectivity index (χ2n) is 7.61. The lowest BCUT2D eigenvalue weighted by atomic mass is 10.0. The zero-order chi connectivity index (χ0) is 20.8. The molecule has 0 atom stereocenters. The van der Waals surface area contributed by atoms with Gasteiger partial charge in [0.1, 0.15) is 0 Å². The molecule has 1 aromatic rings. The monoisotopic (exact) mass is 411 g/mol. The molecule has 3 N–H and O–H groups in total. The van der Waals surface area contributed by atoms with Crippen molar-refractivity contribution in [2.75, 3.05) is 26.4 Å². The van der Waals surface area contributed by atoms with E-state index in [1.54, 1.807) is 0 Å². The Morgan fingerprint density at radius 1 is 0.862 bits per heavy atom. The van der Waals surface area contributed by atoms with Crippen LogP contribution in [0.4, 0.5) is 0 Å². The fourth-order valence-corrected chi connectivity index (χ4v) is 3.32. The van der Waals surface area contributed by atoms with Crippen LogP contribution >= 0.6 is 0 Å². The molecule has 8 heteroatoms. The molecule has 1 aromatic heterocycles. The number of carbonyl (C=O) groups excluding carboxylic acids is 1. The number of aliphatic hydroxyl groups excluding tert-OH is 1. The Balaban J connectivity index is 1.70. The summed E-state index contributed by atoms with van der Waals surface area (Å²) in [5.74, 6) is 0.932. The Morgan fingerprint density at radius 2 is 1.45 bits per heavy atom. The number of hydrogen-bond donors (Lipinski definition) is 3. The number of carbonyl (C=O) groups is 1. The van der Waals surface area contributed by atoms with E-state index in [0.29, 0.717) is 26.2 Å². The molecule has 1 amide bonds. The molecule has 0 unspecified atom stereocenters. The molecule has 0 radical (unpaired) electrons. The molecule has 0 aliphatic carbocycles. The third kappa shape index (κ3) is 17.1. The van der Waals surface area contributed by atoms with Gasteiger partial charge in [0.2, 0.25) is 5.91 Å². The number of hydrogen-bond acceptors (Lipinski definition) is 6. The predicted octanol–water partition coefficient (Wildman–Crippen LogP) is 3.33. The lowest BCUT2D eigenvalue weighted by Crippen LogP contribution is -2.27. The van der Waals surface area contributed by atoms with Crippen molar-refractivity contribution in [2.45, 2.75) is 96.3 Å². The molecule has 1 rings (SSSR count). The van der Waals surface area contributed by atoms with Crippen LogP contribution in [0.5, 0.6) is 0 Å². The fourth-order valence-electron chi connectivity index (χ4n) is 3.32. The number of tetrazole rings is 1. The van der Waals surface area contributed by atoms with Gasteiger partial charge in [-0.1, -0.05) is 75.8 Å². The maximum atomic E-state index is 11.6. The molecule has 1 heterocycles. The number of aryl methyl sites for hydroxylation is 1. The molecular formula is C21H41N5O3. The van der Waals surface area contributed by atoms with Gasteiger partial charge >= 0.3 is 0 Å². The highest BCUT2D eigenvalue weighted by Crippen LogP contribution is 2.13. The number of nitrogens with zero attached hydrogens (tertiary/aromatic N) is 3. The fraction of sp³-hybridized carbons (Fsp3) is 0.905. The first-order valence-corrected chi connectivity index (χ1v) is 11.5. The van der Waals surface area contributed by atoms with Crippen molar-refractivity contribution < 1.29 is 14.6 Å². The Bertz CT molecular complexity index is 471. The van der Waals surface area contributed by atoms with Gasteiger partial charge in [-0.2, -0.15) is 5.21 Å². The van der Waals surface area contributed by atoms with Crippen LogP contribution in [0.1, 0.15) is 95.7 Å². The summed E-state index contributed by atoms with van der Waals surface area (Å²) >= 11 is 0. The first-order valence-electron chi connectivity index (χ1n) is 11.5. The van der Waals surface area contributed by atoms with E-state index in [1.165, 1.54) is 64.2 Å². The van der Waals surface area contributed by atoms with Crippen LogP contribution in [0.15, 0.2) is 0 Å². The number of ether oxygens (including phenoxy) is 1. The zero-order valence-electron chi connectivity index (χ0n) is 18.0. The summed E-state index contributed by atoms with van der Waals surface area (Å²) in [6, 6.07) is 0. The lowest BCUT2D eigenvalue weighted by Gasteiger charge is -2.06. The highest BCUT2D eigenvalue weighted by Gasteiger charge is 2.01. The van der Waals surface area contributed by atoms with Crippen molar-refractivity contribution in [3.05, 3.63) is 5.82 Å². The van der Waals surface area contributed by atoms with Gasteiger partial charge in [-0.05, 0) is 12.8 Å². The van der Waals surface area contributed by atoms with Crippen molar-refractivity contribution in [3.8, 4) is 0 Å². The summed E-state index contributed by atoms with van der Waals surface area (Å²) in [7, 11) is 0. The summed E-state index contributed by atoms with van der Waals surface area (Å²) in [6.45, 7) is 1.35. The average molecular weight is 412 g/mol. The minimum atomic E-state index is 0.0261. The van der Waals surface area contributed by atoms with Crippen LogP contribution < -0.4 is 5.32 Å². The van der Waals surface area contributed by atoms with Gasteiger partial charge in [0.15, 0.2) is 5.82 Å². The standard InChI is InChI=1S/C21H41N5O3/c27-17-19-29-18-16-22-21(28)15-13-11-9-7-5-3-1-2-4-6-8-10-12-14-20-23-25-26-24-20/h27H,1-19H2,(H,22,28)(H,23,24,25,26). The Hall–Kier alpha value is -1.54. The summed E-state index contributed by atoms with van der Waals surface area (Å²) in [5, 5.41) is 25.4. The smallest absolute Gasteiger partial charge is 0.220 e. The van der Waals surface area contributed by atoms with E-state index in [0.717, 1.165) is 31.5 Å². The quantitative estimate of drug-likeness (QED) is 0.267. The molecule has 0 aromatic carbocycles. The lowest BCUT2D eigenvalue weighted by molar-refractivity contribution is -0.121. The molecule has 0 aliphatic rings. The van der Waals surface area contributed by atoms with Crippen molar-refractivity contribution in [2.24, 2.45) is 0 Å². The van der Waals surface area contributed by atoms with Gasteiger partial charge < -0.3 is 15.2 Å². The Kier molecular flexibility index (Phi) is 17.4. The van der Waals surface area contributed by atoms with Crippen molar-refractivity contribution in [3.63, 3.8) is 0 Å². The van der Waals surface area contributed by atoms with Crippen LogP contribution in [0.2, 0.25) is 0 Å². The van der Waals surface area contributed by atoms with Gasteiger partial charge in [0.05, 0.1) is 19.8 Å². The molecule has 0 aliphatic heterocycles. The highest BCUT2D eigenvalue weighted by atomic mass is 16.5. The van der Waals surface area contributed by atoms with Crippen molar-refractivity contribution >= 4 is 5.91 Å². The van der Waals surface area contributed by atoms with Gasteiger partial charge in [0, 0.05) is 19.4 Å². The number of H-pyrrole nitrogens is 1. The molecular weight excluding hydrogens is 370 g/mol. The summed E-state index contributed by atoms with van der Waals surface area (Å²) < 4.78 is 5.10. The van der Waals surface area contributed by atoms with Crippen LogP contribution in [-0.2, 0) is 16.0 Å². The summed E-state index contributed by atoms with van der Waals surface area (Å²) in [5.41, 5.74) is 0. The molecule has 8 nitrogen and oxygen atoms in total. The molecule has 0 saturated heterocycles. The molecule has 168 valence electrons. The van der Waals surface area contributed by atoms with E-state index in [-0.39, 0.29) is 12.5 Å². The maximum absolute atomic E-state index is 11.6. The number of nitrogens with one attached hydrogen (secondary N) is 2. The van der Waals surface area contributed by atoms with E-state index in [1.807, 2.05) is 0 Å². The third-order valence-corrected chi connectivity index (χ3v) is 5.00. The van der Waals surface area contributed by atoms with E-state index >= 15 is 0 Å². The molecule has 0 spiro atoms. The first-order chi connectivity index (χ1) is 14.3. The predicted molar refractivity (Wildman–Crippen MR) is 113 cm³/mol. The van der Waals surface area contributed by atoms with Gasteiger partial charge in [-0.15, -0.1) is 10.2 Å². The van der Waals surface area contributed by atoms with Gasteiger partial charge in [-0.3, -0.25) is 4.79 Å². The van der Waals surface area contributed by atoms with Crippen molar-refractivity contribution in [1.82, 2.24) is 25.9 Å². The normalized spacial score (nSPS) is 11.1. The highest BCUT2D eigenvalue weighted by molar-refractivity contribution is 5.75. The van der Waals surface area contributed by atoms with Crippen LogP contribution in [-0.4, -0.2) is 58.0 Å². The van der Waals surface area contributed by atoms with Crippen LogP contribution in [0.25, 0.3) is 0 Å². The SMILES string of the molecule is O=C(CCCCCCCCCCCCCCCc1nn[nH]n1)NCCOCCO. The van der Waals surface area contributed by atoms with E-state index in [2.05, 4.69) is 25.9 Å². The number of rotatable bonds is 21. The topological polar surface area (TPSA) is 113 Å². The Labute approximate surface area is 175 Å². The molecule has 29 heavy (non-hydrogen) atoms. The Morgan fingerprint density at radius 3 is 2.00 bits per heavy atom. The number of aromatic nitrogens is 4. The average Bonchev–Trinajstić information content (AvgIpc) is 3.24. The van der Waals surface area contributed by atoms with Crippen molar-refractivity contribution in [1.29, 1.82) is 0 Å². The van der Waals surface area contributed by atoms with E-state index in [9.17, 15) is 4.79 Å².